The molecule has 1 rings (SSSR count). The topological polar surface area (TPSA) is 78.9 Å². The molecule has 1 aliphatic rings. The monoisotopic (exact) mass is 318 g/mol. The minimum absolute atomic E-state index is 0.00746. The number of rotatable bonds is 8. The fourth-order valence-electron chi connectivity index (χ4n) is 2.26. The molecule has 0 spiro atoms. The van der Waals surface area contributed by atoms with E-state index in [1.54, 1.807) is 11.8 Å². The van der Waals surface area contributed by atoms with Gasteiger partial charge in [0.1, 0.15) is 0 Å². The molecule has 1 saturated heterocycles. The van der Waals surface area contributed by atoms with E-state index in [-0.39, 0.29) is 25.2 Å². The fourth-order valence-corrected chi connectivity index (χ4v) is 2.94. The van der Waals surface area contributed by atoms with Crippen molar-refractivity contribution >= 4 is 23.8 Å². The highest BCUT2D eigenvalue weighted by Crippen LogP contribution is 2.14. The minimum atomic E-state index is -0.842. The normalized spacial score (nSPS) is 17.5. The Balaban J connectivity index is 2.16. The van der Waals surface area contributed by atoms with Crippen molar-refractivity contribution in [2.45, 2.75) is 32.3 Å². The summed E-state index contributed by atoms with van der Waals surface area (Å²) in [6.07, 6.45) is 3.71. The van der Waals surface area contributed by atoms with Crippen molar-refractivity contribution in [3.8, 4) is 0 Å². The number of likely N-dealkylation sites (tertiary alicyclic amines) is 1. The standard InChI is InChI=1S/C14H26N2O4S/c1-11(10-21-2)9-15-14(19)16-6-3-12(4-7-16)20-8-5-13(17)18/h11-12H,3-10H2,1-2H3,(H,15,19)(H,17,18). The lowest BCUT2D eigenvalue weighted by molar-refractivity contribution is -0.138. The summed E-state index contributed by atoms with van der Waals surface area (Å²) < 4.78 is 5.51. The number of carbonyl (C=O) groups excluding carboxylic acids is 1. The van der Waals surface area contributed by atoms with E-state index in [0.29, 0.717) is 25.6 Å². The van der Waals surface area contributed by atoms with E-state index in [9.17, 15) is 9.59 Å². The third kappa shape index (κ3) is 7.57. The zero-order valence-electron chi connectivity index (χ0n) is 12.8. The van der Waals surface area contributed by atoms with Gasteiger partial charge in [0, 0.05) is 19.6 Å². The van der Waals surface area contributed by atoms with Crippen LogP contribution < -0.4 is 5.32 Å². The van der Waals surface area contributed by atoms with Crippen LogP contribution in [-0.4, -0.2) is 66.4 Å². The zero-order chi connectivity index (χ0) is 15.7. The summed E-state index contributed by atoms with van der Waals surface area (Å²) in [6, 6.07) is -0.00746. The van der Waals surface area contributed by atoms with Gasteiger partial charge in [0.15, 0.2) is 0 Å². The van der Waals surface area contributed by atoms with Crippen LogP contribution in [0.1, 0.15) is 26.2 Å². The lowest BCUT2D eigenvalue weighted by Gasteiger charge is -2.32. The van der Waals surface area contributed by atoms with Gasteiger partial charge < -0.3 is 20.1 Å². The maximum Gasteiger partial charge on any atom is 0.317 e. The maximum atomic E-state index is 12.0. The third-order valence-corrected chi connectivity index (χ3v) is 4.35. The molecule has 1 heterocycles. The summed E-state index contributed by atoms with van der Waals surface area (Å²) >= 11 is 1.78. The molecule has 0 bridgehead atoms. The molecule has 7 heteroatoms. The molecule has 0 aromatic heterocycles. The summed E-state index contributed by atoms with van der Waals surface area (Å²) in [5, 5.41) is 11.5. The first-order chi connectivity index (χ1) is 10.0. The number of carboxylic acid groups (broad SMARTS) is 1. The van der Waals surface area contributed by atoms with Crippen LogP contribution in [-0.2, 0) is 9.53 Å². The molecule has 2 amide bonds. The number of nitrogens with zero attached hydrogens (tertiary/aromatic N) is 1. The molecule has 1 aliphatic heterocycles. The molecular weight excluding hydrogens is 292 g/mol. The smallest absolute Gasteiger partial charge is 0.317 e. The van der Waals surface area contributed by atoms with E-state index in [2.05, 4.69) is 18.5 Å². The number of piperidine rings is 1. The van der Waals surface area contributed by atoms with Gasteiger partial charge in [-0.05, 0) is 30.8 Å². The van der Waals surface area contributed by atoms with E-state index in [0.717, 1.165) is 18.6 Å². The number of amides is 2. The molecule has 2 N–H and O–H groups in total. The number of carbonyl (C=O) groups is 2. The lowest BCUT2D eigenvalue weighted by Crippen LogP contribution is -2.47. The molecule has 1 fully saturated rings. The average molecular weight is 318 g/mol. The van der Waals surface area contributed by atoms with Crippen molar-refractivity contribution in [2.24, 2.45) is 5.92 Å². The van der Waals surface area contributed by atoms with Crippen molar-refractivity contribution < 1.29 is 19.4 Å². The van der Waals surface area contributed by atoms with Crippen LogP contribution in [0.25, 0.3) is 0 Å². The predicted octanol–water partition coefficient (Wildman–Crippen LogP) is 1.65. The Hall–Kier alpha value is -0.950. The molecule has 21 heavy (non-hydrogen) atoms. The predicted molar refractivity (Wildman–Crippen MR) is 83.7 cm³/mol. The van der Waals surface area contributed by atoms with E-state index in [1.165, 1.54) is 0 Å². The summed E-state index contributed by atoms with van der Waals surface area (Å²) in [5.74, 6) is 0.673. The Bertz CT molecular complexity index is 333. The molecule has 0 aromatic carbocycles. The Kier molecular flexibility index (Phi) is 8.52. The SMILES string of the molecule is CSCC(C)CNC(=O)N1CCC(OCCC(=O)O)CC1. The van der Waals surface area contributed by atoms with Crippen molar-refractivity contribution in [3.63, 3.8) is 0 Å². The number of urea groups is 1. The lowest BCUT2D eigenvalue weighted by atomic mass is 10.1. The van der Waals surface area contributed by atoms with Crippen molar-refractivity contribution in [3.05, 3.63) is 0 Å². The van der Waals surface area contributed by atoms with Crippen LogP contribution in [0.4, 0.5) is 4.79 Å². The van der Waals surface area contributed by atoms with Crippen LogP contribution in [0.15, 0.2) is 0 Å². The number of carboxylic acids is 1. The van der Waals surface area contributed by atoms with Gasteiger partial charge in [0.25, 0.3) is 0 Å². The third-order valence-electron chi connectivity index (χ3n) is 3.45. The van der Waals surface area contributed by atoms with Crippen LogP contribution in [0.2, 0.25) is 0 Å². The molecule has 0 aliphatic carbocycles. The van der Waals surface area contributed by atoms with Crippen LogP contribution in [0, 0.1) is 5.92 Å². The first-order valence-electron chi connectivity index (χ1n) is 7.38. The van der Waals surface area contributed by atoms with E-state index < -0.39 is 5.97 Å². The van der Waals surface area contributed by atoms with Gasteiger partial charge in [-0.1, -0.05) is 6.92 Å². The van der Waals surface area contributed by atoms with Crippen molar-refractivity contribution in [1.82, 2.24) is 10.2 Å². The second kappa shape index (κ2) is 9.89. The van der Waals surface area contributed by atoms with Gasteiger partial charge >= 0.3 is 12.0 Å². The van der Waals surface area contributed by atoms with Gasteiger partial charge in [-0.25, -0.2) is 4.79 Å². The first-order valence-corrected chi connectivity index (χ1v) is 8.77. The Morgan fingerprint density at radius 1 is 1.43 bits per heavy atom. The summed E-state index contributed by atoms with van der Waals surface area (Å²) in [6.45, 7) is 4.41. The molecular formula is C14H26N2O4S. The average Bonchev–Trinajstić information content (AvgIpc) is 2.45. The number of ether oxygens (including phenoxy) is 1. The second-order valence-corrected chi connectivity index (χ2v) is 6.36. The fraction of sp³-hybridized carbons (Fsp3) is 0.857. The van der Waals surface area contributed by atoms with E-state index in [1.807, 2.05) is 4.90 Å². The number of hydrogen-bond donors (Lipinski definition) is 2. The van der Waals surface area contributed by atoms with Gasteiger partial charge in [-0.15, -0.1) is 0 Å². The quantitative estimate of drug-likeness (QED) is 0.711. The highest BCUT2D eigenvalue weighted by Gasteiger charge is 2.23. The zero-order valence-corrected chi connectivity index (χ0v) is 13.7. The maximum absolute atomic E-state index is 12.0. The van der Waals surface area contributed by atoms with Gasteiger partial charge in [-0.3, -0.25) is 4.79 Å². The van der Waals surface area contributed by atoms with Gasteiger partial charge in [0.05, 0.1) is 19.1 Å². The minimum Gasteiger partial charge on any atom is -0.481 e. The first kappa shape index (κ1) is 18.1. The van der Waals surface area contributed by atoms with E-state index in [4.69, 9.17) is 9.84 Å². The Morgan fingerprint density at radius 3 is 2.67 bits per heavy atom. The number of nitrogens with one attached hydrogen (secondary N) is 1. The number of hydrogen-bond acceptors (Lipinski definition) is 4. The van der Waals surface area contributed by atoms with Crippen LogP contribution in [0.3, 0.4) is 0 Å². The van der Waals surface area contributed by atoms with Crippen molar-refractivity contribution in [2.75, 3.05) is 38.2 Å². The molecule has 0 saturated carbocycles. The second-order valence-electron chi connectivity index (χ2n) is 5.45. The summed E-state index contributed by atoms with van der Waals surface area (Å²) in [7, 11) is 0. The molecule has 1 unspecified atom stereocenters. The van der Waals surface area contributed by atoms with Gasteiger partial charge in [0.2, 0.25) is 0 Å². The molecule has 122 valence electrons. The van der Waals surface area contributed by atoms with Crippen LogP contribution in [0.5, 0.6) is 0 Å². The molecule has 1 atom stereocenters. The van der Waals surface area contributed by atoms with E-state index >= 15 is 0 Å². The number of aliphatic carboxylic acids is 1. The highest BCUT2D eigenvalue weighted by molar-refractivity contribution is 7.98. The molecule has 6 nitrogen and oxygen atoms in total. The summed E-state index contributed by atoms with van der Waals surface area (Å²) in [4.78, 5) is 24.2. The summed E-state index contributed by atoms with van der Waals surface area (Å²) in [5.41, 5.74) is 0. The Morgan fingerprint density at radius 2 is 2.10 bits per heavy atom. The number of thioether (sulfide) groups is 1. The van der Waals surface area contributed by atoms with Crippen LogP contribution >= 0.6 is 11.8 Å². The Labute approximate surface area is 130 Å². The molecule has 0 radical (unpaired) electrons. The molecule has 0 aromatic rings. The van der Waals surface area contributed by atoms with Crippen molar-refractivity contribution in [1.29, 1.82) is 0 Å². The van der Waals surface area contributed by atoms with Gasteiger partial charge in [-0.2, -0.15) is 11.8 Å². The highest BCUT2D eigenvalue weighted by atomic mass is 32.2. The largest absolute Gasteiger partial charge is 0.481 e.